The number of hydrogen-bond acceptors (Lipinski definition) is 3. The summed E-state index contributed by atoms with van der Waals surface area (Å²) in [7, 11) is -3.31. The number of unbranched alkanes of at least 4 members (excludes halogenated alkanes) is 2. The first-order chi connectivity index (χ1) is 7.97. The lowest BCUT2D eigenvalue weighted by atomic mass is 10.3. The van der Waals surface area contributed by atoms with Crippen molar-refractivity contribution in [2.75, 3.05) is 11.0 Å². The van der Waals surface area contributed by atoms with Gasteiger partial charge < -0.3 is 0 Å². The molecule has 0 radical (unpaired) electrons. The van der Waals surface area contributed by atoms with Crippen LogP contribution in [0.3, 0.4) is 0 Å². The van der Waals surface area contributed by atoms with Gasteiger partial charge in [0.05, 0.1) is 3.79 Å². The van der Waals surface area contributed by atoms with E-state index in [4.69, 9.17) is 0 Å². The first-order valence-electron chi connectivity index (χ1n) is 5.29. The van der Waals surface area contributed by atoms with Crippen molar-refractivity contribution >= 4 is 59.9 Å². The molecule has 1 aromatic heterocycles. The maximum absolute atomic E-state index is 11.9. The largest absolute Gasteiger partial charge is 0.250 e. The molecule has 0 fully saturated rings. The van der Waals surface area contributed by atoms with Gasteiger partial charge in [-0.05, 0) is 51.8 Å². The molecule has 0 atom stereocenters. The minimum atomic E-state index is -3.31. The predicted molar refractivity (Wildman–Crippen MR) is 84.7 cm³/mol. The molecule has 1 aromatic rings. The van der Waals surface area contributed by atoms with Crippen LogP contribution in [0.5, 0.6) is 0 Å². The van der Waals surface area contributed by atoms with E-state index in [-0.39, 0.29) is 0 Å². The van der Waals surface area contributed by atoms with Crippen molar-refractivity contribution in [2.24, 2.45) is 0 Å². The van der Waals surface area contributed by atoms with Crippen LogP contribution in [0.2, 0.25) is 0 Å². The van der Waals surface area contributed by atoms with Gasteiger partial charge in [0.15, 0.2) is 0 Å². The average Bonchev–Trinajstić information content (AvgIpc) is 2.60. The second-order valence-electron chi connectivity index (χ2n) is 3.67. The molecule has 0 saturated heterocycles. The number of rotatable bonds is 7. The molecular weight excluding hydrogens is 437 g/mol. The van der Waals surface area contributed by atoms with Gasteiger partial charge in [-0.2, -0.15) is 0 Å². The van der Waals surface area contributed by atoms with Crippen molar-refractivity contribution in [2.45, 2.75) is 30.4 Å². The zero-order valence-corrected chi connectivity index (χ0v) is 14.9. The molecule has 1 rings (SSSR count). The summed E-state index contributed by atoms with van der Waals surface area (Å²) in [5, 5.41) is 0. The Morgan fingerprint density at radius 3 is 2.65 bits per heavy atom. The lowest BCUT2D eigenvalue weighted by Gasteiger charge is -2.03. The van der Waals surface area contributed by atoms with E-state index in [9.17, 15) is 8.42 Å². The molecule has 3 nitrogen and oxygen atoms in total. The minimum Gasteiger partial charge on any atom is -0.210 e. The fraction of sp³-hybridized carbons (Fsp3) is 0.600. The summed E-state index contributed by atoms with van der Waals surface area (Å²) in [4.78, 5) is 0. The molecule has 98 valence electrons. The third kappa shape index (κ3) is 5.14. The van der Waals surface area contributed by atoms with E-state index in [2.05, 4.69) is 43.2 Å². The van der Waals surface area contributed by atoms with Crippen LogP contribution in [0.25, 0.3) is 0 Å². The highest BCUT2D eigenvalue weighted by atomic mass is 127. The zero-order chi connectivity index (χ0) is 12.9. The van der Waals surface area contributed by atoms with Crippen LogP contribution in [0.4, 0.5) is 0 Å². The Kier molecular flexibility index (Phi) is 6.93. The van der Waals surface area contributed by atoms with Gasteiger partial charge in [-0.1, -0.05) is 29.0 Å². The lowest BCUT2D eigenvalue weighted by molar-refractivity contribution is 0.578. The molecule has 7 heteroatoms. The number of aryl methyl sites for hydroxylation is 1. The summed E-state index contributed by atoms with van der Waals surface area (Å²) in [6.07, 6.45) is 3.11. The van der Waals surface area contributed by atoms with Crippen molar-refractivity contribution in [3.63, 3.8) is 0 Å². The molecule has 0 amide bonds. The second-order valence-corrected chi connectivity index (χ2v) is 9.11. The van der Waals surface area contributed by atoms with Gasteiger partial charge in [0.25, 0.3) is 0 Å². The monoisotopic (exact) mass is 451 g/mol. The maximum atomic E-state index is 11.9. The number of thiophene rings is 1. The molecule has 1 heterocycles. The van der Waals surface area contributed by atoms with Gasteiger partial charge in [0.1, 0.15) is 4.21 Å². The van der Waals surface area contributed by atoms with E-state index in [1.165, 1.54) is 11.3 Å². The SMILES string of the molecule is Cc1cc(S(=O)(=O)NCCCCCI)sc1Br. The van der Waals surface area contributed by atoms with Crippen molar-refractivity contribution in [1.29, 1.82) is 0 Å². The highest BCUT2D eigenvalue weighted by Gasteiger charge is 2.17. The van der Waals surface area contributed by atoms with E-state index in [0.29, 0.717) is 10.8 Å². The third-order valence-corrected chi connectivity index (χ3v) is 7.04. The smallest absolute Gasteiger partial charge is 0.210 e. The summed E-state index contributed by atoms with van der Waals surface area (Å²) in [6.45, 7) is 2.41. The maximum Gasteiger partial charge on any atom is 0.250 e. The van der Waals surface area contributed by atoms with Crippen LogP contribution in [-0.4, -0.2) is 19.4 Å². The Balaban J connectivity index is 2.51. The Hall–Kier alpha value is 0.820. The summed E-state index contributed by atoms with van der Waals surface area (Å²) in [6, 6.07) is 1.70. The van der Waals surface area contributed by atoms with Crippen molar-refractivity contribution in [3.05, 3.63) is 15.4 Å². The zero-order valence-electron chi connectivity index (χ0n) is 9.50. The highest BCUT2D eigenvalue weighted by molar-refractivity contribution is 14.1. The van der Waals surface area contributed by atoms with Gasteiger partial charge in [-0.25, -0.2) is 13.1 Å². The summed E-state index contributed by atoms with van der Waals surface area (Å²) < 4.78 is 28.8. The van der Waals surface area contributed by atoms with Crippen LogP contribution in [0.1, 0.15) is 24.8 Å². The average molecular weight is 452 g/mol. The molecule has 0 aromatic carbocycles. The van der Waals surface area contributed by atoms with Crippen molar-refractivity contribution in [3.8, 4) is 0 Å². The second kappa shape index (κ2) is 7.42. The molecule has 0 bridgehead atoms. The van der Waals surface area contributed by atoms with Crippen LogP contribution >= 0.6 is 49.9 Å². The number of alkyl halides is 1. The number of hydrogen-bond donors (Lipinski definition) is 1. The van der Waals surface area contributed by atoms with Gasteiger partial charge in [0.2, 0.25) is 10.0 Å². The minimum absolute atomic E-state index is 0.385. The molecule has 0 aliphatic carbocycles. The fourth-order valence-corrected chi connectivity index (χ4v) is 5.12. The third-order valence-electron chi connectivity index (χ3n) is 2.20. The molecule has 0 spiro atoms. The standard InChI is InChI=1S/C10H15BrINO2S2/c1-8-7-9(16-10(8)11)17(14,15)13-6-4-2-3-5-12/h7,13H,2-6H2,1H3. The fourth-order valence-electron chi connectivity index (χ4n) is 1.24. The Labute approximate surface area is 129 Å². The molecule has 1 N–H and O–H groups in total. The van der Waals surface area contributed by atoms with E-state index in [1.54, 1.807) is 6.07 Å². The normalized spacial score (nSPS) is 11.9. The number of nitrogens with one attached hydrogen (secondary N) is 1. The Morgan fingerprint density at radius 1 is 1.41 bits per heavy atom. The van der Waals surface area contributed by atoms with Gasteiger partial charge in [-0.3, -0.25) is 0 Å². The summed E-state index contributed by atoms with van der Waals surface area (Å²) >= 11 is 6.92. The molecular formula is C10H15BrINO2S2. The first-order valence-corrected chi connectivity index (χ1v) is 9.91. The molecule has 0 aliphatic rings. The number of halogens is 2. The van der Waals surface area contributed by atoms with Gasteiger partial charge in [-0.15, -0.1) is 11.3 Å². The van der Waals surface area contributed by atoms with E-state index < -0.39 is 10.0 Å². The van der Waals surface area contributed by atoms with E-state index in [0.717, 1.165) is 33.0 Å². The van der Waals surface area contributed by atoms with Crippen molar-refractivity contribution < 1.29 is 8.42 Å². The molecule has 0 unspecified atom stereocenters. The van der Waals surface area contributed by atoms with Crippen molar-refractivity contribution in [1.82, 2.24) is 4.72 Å². The van der Waals surface area contributed by atoms with E-state index >= 15 is 0 Å². The van der Waals surface area contributed by atoms with Gasteiger partial charge in [0, 0.05) is 6.54 Å². The van der Waals surface area contributed by atoms with Crippen LogP contribution in [0, 0.1) is 6.92 Å². The predicted octanol–water partition coefficient (Wildman–Crippen LogP) is 3.70. The topological polar surface area (TPSA) is 46.2 Å². The molecule has 17 heavy (non-hydrogen) atoms. The van der Waals surface area contributed by atoms with Crippen LogP contribution in [0.15, 0.2) is 14.1 Å². The first kappa shape index (κ1) is 15.9. The van der Waals surface area contributed by atoms with Crippen LogP contribution < -0.4 is 4.72 Å². The lowest BCUT2D eigenvalue weighted by Crippen LogP contribution is -2.24. The Morgan fingerprint density at radius 2 is 2.12 bits per heavy atom. The van der Waals surface area contributed by atoms with Gasteiger partial charge >= 0.3 is 0 Å². The summed E-state index contributed by atoms with van der Waals surface area (Å²) in [5.41, 5.74) is 0.959. The quantitative estimate of drug-likeness (QED) is 0.390. The van der Waals surface area contributed by atoms with Crippen LogP contribution in [-0.2, 0) is 10.0 Å². The summed E-state index contributed by atoms with van der Waals surface area (Å²) in [5.74, 6) is 0. The molecule has 0 aliphatic heterocycles. The Bertz CT molecular complexity index is 439. The van der Waals surface area contributed by atoms with E-state index in [1.807, 2.05) is 6.92 Å². The number of sulfonamides is 1. The highest BCUT2D eigenvalue weighted by Crippen LogP contribution is 2.30. The molecule has 0 saturated carbocycles.